The highest BCUT2D eigenvalue weighted by Gasteiger charge is 2.22. The third-order valence-electron chi connectivity index (χ3n) is 4.21. The van der Waals surface area contributed by atoms with Gasteiger partial charge in [0.2, 0.25) is 0 Å². The number of urea groups is 1. The van der Waals surface area contributed by atoms with E-state index in [0.717, 1.165) is 19.4 Å². The minimum Gasteiger partial charge on any atom is -0.380 e. The number of ether oxygens (including phenoxy) is 1. The number of nitrogens with zero attached hydrogens (tertiary/aromatic N) is 1. The smallest absolute Gasteiger partial charge is 0.317 e. The molecular weight excluding hydrogens is 264 g/mol. The van der Waals surface area contributed by atoms with E-state index in [1.165, 1.54) is 5.56 Å². The molecule has 2 rings (SSSR count). The Morgan fingerprint density at radius 1 is 1.38 bits per heavy atom. The van der Waals surface area contributed by atoms with E-state index in [2.05, 4.69) is 31.3 Å². The van der Waals surface area contributed by atoms with E-state index < -0.39 is 0 Å². The molecule has 0 aliphatic carbocycles. The van der Waals surface area contributed by atoms with Crippen molar-refractivity contribution >= 4 is 6.03 Å². The number of carbonyl (C=O) groups excluding carboxylic acids is 1. The minimum atomic E-state index is 0.0300. The van der Waals surface area contributed by atoms with Gasteiger partial charge in [-0.25, -0.2) is 4.79 Å². The first-order valence-corrected chi connectivity index (χ1v) is 7.89. The maximum Gasteiger partial charge on any atom is 0.317 e. The molecule has 4 nitrogen and oxygen atoms in total. The lowest BCUT2D eigenvalue weighted by molar-refractivity contribution is 0.142. The van der Waals surface area contributed by atoms with Crippen molar-refractivity contribution < 1.29 is 9.53 Å². The van der Waals surface area contributed by atoms with Crippen molar-refractivity contribution in [1.29, 1.82) is 0 Å². The Morgan fingerprint density at radius 2 is 2.14 bits per heavy atom. The van der Waals surface area contributed by atoms with Gasteiger partial charge in [0.05, 0.1) is 6.61 Å². The van der Waals surface area contributed by atoms with Crippen LogP contribution in [0.3, 0.4) is 0 Å². The molecule has 4 heteroatoms. The average molecular weight is 290 g/mol. The molecule has 21 heavy (non-hydrogen) atoms. The molecule has 1 aliphatic heterocycles. The van der Waals surface area contributed by atoms with Crippen LogP contribution in [0.2, 0.25) is 0 Å². The Morgan fingerprint density at radius 3 is 2.86 bits per heavy atom. The van der Waals surface area contributed by atoms with Gasteiger partial charge in [0.1, 0.15) is 0 Å². The standard InChI is InChI=1S/C17H26N2O2/c1-3-15(16-7-5-4-6-8-16)13-18-17(20)19-10-12-21-11-9-14(19)2/h4-8,14-15H,3,9-13H2,1-2H3,(H,18,20)/t14-,15+/m0/s1. The van der Waals surface area contributed by atoms with Crippen LogP contribution in [0.15, 0.2) is 30.3 Å². The predicted octanol–water partition coefficient (Wildman–Crippen LogP) is 3.00. The average Bonchev–Trinajstić information content (AvgIpc) is 2.73. The van der Waals surface area contributed by atoms with Gasteiger partial charge < -0.3 is 15.0 Å². The molecule has 1 aromatic rings. The zero-order valence-corrected chi connectivity index (χ0v) is 13.0. The molecule has 1 aromatic carbocycles. The van der Waals surface area contributed by atoms with Crippen LogP contribution in [-0.4, -0.2) is 43.3 Å². The molecule has 1 saturated heterocycles. The highest BCUT2D eigenvalue weighted by molar-refractivity contribution is 5.74. The Bertz CT molecular complexity index is 436. The van der Waals surface area contributed by atoms with Crippen molar-refractivity contribution in [2.45, 2.75) is 38.6 Å². The van der Waals surface area contributed by atoms with Gasteiger partial charge in [-0.05, 0) is 25.3 Å². The zero-order chi connectivity index (χ0) is 15.1. The number of benzene rings is 1. The second-order valence-corrected chi connectivity index (χ2v) is 5.65. The molecule has 0 bridgehead atoms. The fourth-order valence-electron chi connectivity index (χ4n) is 2.73. The van der Waals surface area contributed by atoms with Gasteiger partial charge in [-0.15, -0.1) is 0 Å². The van der Waals surface area contributed by atoms with Crippen LogP contribution in [0, 0.1) is 0 Å². The van der Waals surface area contributed by atoms with E-state index in [0.29, 0.717) is 25.6 Å². The van der Waals surface area contributed by atoms with Crippen molar-refractivity contribution in [3.05, 3.63) is 35.9 Å². The molecule has 0 radical (unpaired) electrons. The molecule has 1 heterocycles. The Kier molecular flexibility index (Phi) is 6.05. The topological polar surface area (TPSA) is 41.6 Å². The molecule has 2 amide bonds. The third kappa shape index (κ3) is 4.46. The van der Waals surface area contributed by atoms with E-state index in [9.17, 15) is 4.79 Å². The van der Waals surface area contributed by atoms with Crippen LogP contribution in [0.4, 0.5) is 4.79 Å². The molecule has 1 fully saturated rings. The fraction of sp³-hybridized carbons (Fsp3) is 0.588. The summed E-state index contributed by atoms with van der Waals surface area (Å²) in [4.78, 5) is 14.3. The first kappa shape index (κ1) is 15.8. The molecule has 0 saturated carbocycles. The summed E-state index contributed by atoms with van der Waals surface area (Å²) in [6, 6.07) is 10.6. The lowest BCUT2D eigenvalue weighted by Crippen LogP contribution is -2.46. The first-order valence-electron chi connectivity index (χ1n) is 7.89. The highest BCUT2D eigenvalue weighted by atomic mass is 16.5. The summed E-state index contributed by atoms with van der Waals surface area (Å²) >= 11 is 0. The SMILES string of the molecule is CC[C@H](CNC(=O)N1CCOCC[C@@H]1C)c1ccccc1. The van der Waals surface area contributed by atoms with Crippen LogP contribution < -0.4 is 5.32 Å². The monoisotopic (exact) mass is 290 g/mol. The second kappa shape index (κ2) is 8.03. The van der Waals surface area contributed by atoms with Crippen LogP contribution >= 0.6 is 0 Å². The first-order chi connectivity index (χ1) is 10.2. The number of carbonyl (C=O) groups is 1. The van der Waals surface area contributed by atoms with Crippen molar-refractivity contribution in [1.82, 2.24) is 10.2 Å². The Labute approximate surface area is 127 Å². The summed E-state index contributed by atoms with van der Waals surface area (Å²) in [7, 11) is 0. The van der Waals surface area contributed by atoms with E-state index in [4.69, 9.17) is 4.74 Å². The predicted molar refractivity (Wildman–Crippen MR) is 84.5 cm³/mol. The Balaban J connectivity index is 1.90. The summed E-state index contributed by atoms with van der Waals surface area (Å²) in [6.07, 6.45) is 1.92. The molecule has 0 spiro atoms. The van der Waals surface area contributed by atoms with Crippen LogP contribution in [0.1, 0.15) is 38.2 Å². The van der Waals surface area contributed by atoms with Gasteiger partial charge in [0.15, 0.2) is 0 Å². The van der Waals surface area contributed by atoms with E-state index in [1.807, 2.05) is 23.1 Å². The lowest BCUT2D eigenvalue weighted by atomic mass is 9.97. The summed E-state index contributed by atoms with van der Waals surface area (Å²) < 4.78 is 5.44. The third-order valence-corrected chi connectivity index (χ3v) is 4.21. The van der Waals surface area contributed by atoms with E-state index in [-0.39, 0.29) is 12.1 Å². The number of nitrogens with one attached hydrogen (secondary N) is 1. The largest absolute Gasteiger partial charge is 0.380 e. The van der Waals surface area contributed by atoms with E-state index in [1.54, 1.807) is 0 Å². The molecule has 1 N–H and O–H groups in total. The maximum absolute atomic E-state index is 12.4. The number of amides is 2. The number of hydrogen-bond acceptors (Lipinski definition) is 2. The van der Waals surface area contributed by atoms with E-state index >= 15 is 0 Å². The van der Waals surface area contributed by atoms with Crippen molar-refractivity contribution in [2.24, 2.45) is 0 Å². The summed E-state index contributed by atoms with van der Waals surface area (Å²) in [5.74, 6) is 0.369. The molecular formula is C17H26N2O2. The number of hydrogen-bond donors (Lipinski definition) is 1. The van der Waals surface area contributed by atoms with Crippen molar-refractivity contribution in [3.63, 3.8) is 0 Å². The van der Waals surface area contributed by atoms with Gasteiger partial charge in [0.25, 0.3) is 0 Å². The quantitative estimate of drug-likeness (QED) is 0.926. The molecule has 0 unspecified atom stereocenters. The van der Waals surface area contributed by atoms with Crippen molar-refractivity contribution in [2.75, 3.05) is 26.3 Å². The minimum absolute atomic E-state index is 0.0300. The fourth-order valence-corrected chi connectivity index (χ4v) is 2.73. The zero-order valence-electron chi connectivity index (χ0n) is 13.0. The normalized spacial score (nSPS) is 20.7. The van der Waals surface area contributed by atoms with Crippen LogP contribution in [0.25, 0.3) is 0 Å². The summed E-state index contributed by atoms with van der Waals surface area (Å²) in [6.45, 7) is 6.98. The Hall–Kier alpha value is -1.55. The van der Waals surface area contributed by atoms with Crippen LogP contribution in [0.5, 0.6) is 0 Å². The summed E-state index contributed by atoms with van der Waals surface area (Å²) in [5.41, 5.74) is 1.28. The van der Waals surface area contributed by atoms with Gasteiger partial charge in [-0.2, -0.15) is 0 Å². The molecule has 2 atom stereocenters. The van der Waals surface area contributed by atoms with Crippen LogP contribution in [-0.2, 0) is 4.74 Å². The number of rotatable bonds is 4. The summed E-state index contributed by atoms with van der Waals surface area (Å²) in [5, 5.41) is 3.09. The molecule has 116 valence electrons. The maximum atomic E-state index is 12.4. The van der Waals surface area contributed by atoms with Gasteiger partial charge in [0, 0.05) is 31.7 Å². The van der Waals surface area contributed by atoms with Crippen molar-refractivity contribution in [3.8, 4) is 0 Å². The second-order valence-electron chi connectivity index (χ2n) is 5.65. The lowest BCUT2D eigenvalue weighted by Gasteiger charge is -2.27. The molecule has 1 aliphatic rings. The van der Waals surface area contributed by atoms with Gasteiger partial charge >= 0.3 is 6.03 Å². The molecule has 0 aromatic heterocycles. The highest BCUT2D eigenvalue weighted by Crippen LogP contribution is 2.18. The van der Waals surface area contributed by atoms with Gasteiger partial charge in [-0.3, -0.25) is 0 Å². The van der Waals surface area contributed by atoms with Gasteiger partial charge in [-0.1, -0.05) is 37.3 Å².